The van der Waals surface area contributed by atoms with E-state index < -0.39 is 4.92 Å². The second-order valence-corrected chi connectivity index (χ2v) is 7.13. The van der Waals surface area contributed by atoms with E-state index in [0.717, 1.165) is 24.2 Å². The summed E-state index contributed by atoms with van der Waals surface area (Å²) in [5, 5.41) is 24.3. The molecular weight excluding hydrogens is 382 g/mol. The zero-order valence-electron chi connectivity index (χ0n) is 15.4. The van der Waals surface area contributed by atoms with Crippen molar-refractivity contribution in [2.75, 3.05) is 32.2 Å². The van der Waals surface area contributed by atoms with Gasteiger partial charge >= 0.3 is 0 Å². The number of rotatable bonds is 6. The van der Waals surface area contributed by atoms with Crippen LogP contribution < -0.4 is 10.1 Å². The monoisotopic (exact) mass is 401 g/mol. The third-order valence-electron chi connectivity index (χ3n) is 5.12. The summed E-state index contributed by atoms with van der Waals surface area (Å²) < 4.78 is 11.1. The second-order valence-electron chi connectivity index (χ2n) is 6.69. The van der Waals surface area contributed by atoms with Crippen LogP contribution in [0.1, 0.15) is 24.0 Å². The molecule has 0 atom stereocenters. The highest BCUT2D eigenvalue weighted by Gasteiger charge is 2.37. The van der Waals surface area contributed by atoms with Gasteiger partial charge in [0.1, 0.15) is 11.4 Å². The first-order valence-electron chi connectivity index (χ1n) is 8.83. The van der Waals surface area contributed by atoms with E-state index in [-0.39, 0.29) is 16.7 Å². The van der Waals surface area contributed by atoms with Gasteiger partial charge in [0, 0.05) is 41.8 Å². The van der Waals surface area contributed by atoms with E-state index in [0.29, 0.717) is 30.5 Å². The zero-order valence-corrected chi connectivity index (χ0v) is 16.2. The number of nitrogens with one attached hydrogen (secondary N) is 1. The molecule has 0 aromatic heterocycles. The maximum atomic E-state index is 11.4. The van der Waals surface area contributed by atoms with Gasteiger partial charge < -0.3 is 14.8 Å². The molecule has 7 nitrogen and oxygen atoms in total. The van der Waals surface area contributed by atoms with Crippen molar-refractivity contribution in [2.45, 2.75) is 18.3 Å². The van der Waals surface area contributed by atoms with Crippen molar-refractivity contribution < 1.29 is 14.4 Å². The maximum Gasteiger partial charge on any atom is 0.293 e. The summed E-state index contributed by atoms with van der Waals surface area (Å²) in [6.45, 7) is 1.60. The minimum absolute atomic E-state index is 0.126. The number of nitrogens with zero attached hydrogens (tertiary/aromatic N) is 2. The van der Waals surface area contributed by atoms with Gasteiger partial charge in [-0.25, -0.2) is 0 Å². The summed E-state index contributed by atoms with van der Waals surface area (Å²) in [6.07, 6.45) is 1.45. The van der Waals surface area contributed by atoms with Gasteiger partial charge in [-0.2, -0.15) is 5.26 Å². The van der Waals surface area contributed by atoms with Gasteiger partial charge in [-0.05, 0) is 43.2 Å². The number of anilines is 1. The van der Waals surface area contributed by atoms with Crippen LogP contribution in [0.4, 0.5) is 11.4 Å². The molecule has 1 N–H and O–H groups in total. The summed E-state index contributed by atoms with van der Waals surface area (Å²) in [5.41, 5.74) is 1.09. The number of hydrogen-bond donors (Lipinski definition) is 1. The molecule has 2 aromatic rings. The molecular formula is C20H20ClN3O4. The van der Waals surface area contributed by atoms with Crippen LogP contribution in [-0.2, 0) is 10.2 Å². The molecule has 0 amide bonds. The molecule has 8 heteroatoms. The third kappa shape index (κ3) is 4.03. The minimum atomic E-state index is -0.486. The predicted octanol–water partition coefficient (Wildman–Crippen LogP) is 4.29. The van der Waals surface area contributed by atoms with Crippen LogP contribution in [0.5, 0.6) is 5.75 Å². The number of ether oxygens (including phenoxy) is 2. The Morgan fingerprint density at radius 1 is 1.32 bits per heavy atom. The van der Waals surface area contributed by atoms with Gasteiger partial charge in [0.05, 0.1) is 23.7 Å². The van der Waals surface area contributed by atoms with Crippen LogP contribution in [0.3, 0.4) is 0 Å². The first kappa shape index (κ1) is 19.9. The van der Waals surface area contributed by atoms with E-state index in [1.54, 1.807) is 25.3 Å². The normalized spacial score (nSPS) is 15.5. The number of nitriles is 1. The molecule has 1 heterocycles. The molecule has 0 saturated carbocycles. The van der Waals surface area contributed by atoms with Crippen molar-refractivity contribution in [1.29, 1.82) is 5.26 Å². The molecule has 1 saturated heterocycles. The molecule has 1 aliphatic heterocycles. The smallest absolute Gasteiger partial charge is 0.293 e. The fourth-order valence-electron chi connectivity index (χ4n) is 3.56. The van der Waals surface area contributed by atoms with Crippen molar-refractivity contribution in [3.8, 4) is 11.8 Å². The van der Waals surface area contributed by atoms with Crippen molar-refractivity contribution >= 4 is 23.0 Å². The topological polar surface area (TPSA) is 97.4 Å². The van der Waals surface area contributed by atoms with Gasteiger partial charge in [0.15, 0.2) is 0 Å². The van der Waals surface area contributed by atoms with Gasteiger partial charge in [-0.3, -0.25) is 10.1 Å². The van der Waals surface area contributed by atoms with E-state index in [2.05, 4.69) is 5.32 Å². The van der Waals surface area contributed by atoms with Crippen molar-refractivity contribution in [2.24, 2.45) is 0 Å². The van der Waals surface area contributed by atoms with Crippen molar-refractivity contribution in [3.05, 3.63) is 62.7 Å². The lowest BCUT2D eigenvalue weighted by atomic mass is 9.73. The second kappa shape index (κ2) is 8.46. The molecule has 146 valence electrons. The largest absolute Gasteiger partial charge is 0.496 e. The Hall–Kier alpha value is -2.82. The van der Waals surface area contributed by atoms with Crippen LogP contribution in [0.15, 0.2) is 36.4 Å². The molecule has 0 unspecified atom stereocenters. The van der Waals surface area contributed by atoms with E-state index in [9.17, 15) is 10.1 Å². The first-order valence-corrected chi connectivity index (χ1v) is 9.21. The number of nitro groups is 1. The Kier molecular flexibility index (Phi) is 6.02. The van der Waals surface area contributed by atoms with E-state index >= 15 is 0 Å². The van der Waals surface area contributed by atoms with Crippen LogP contribution in [-0.4, -0.2) is 31.8 Å². The number of halogens is 1. The van der Waals surface area contributed by atoms with Gasteiger partial charge in [-0.1, -0.05) is 11.6 Å². The van der Waals surface area contributed by atoms with Crippen molar-refractivity contribution in [1.82, 2.24) is 0 Å². The number of methoxy groups -OCH3 is 1. The highest BCUT2D eigenvalue weighted by molar-refractivity contribution is 6.30. The molecule has 2 aromatic carbocycles. The fourth-order valence-corrected chi connectivity index (χ4v) is 3.74. The Morgan fingerprint density at radius 2 is 2.07 bits per heavy atom. The first-order chi connectivity index (χ1) is 13.5. The highest BCUT2D eigenvalue weighted by atomic mass is 35.5. The molecule has 0 spiro atoms. The van der Waals surface area contributed by atoms with Gasteiger partial charge in [0.25, 0.3) is 5.69 Å². The Bertz CT molecular complexity index is 920. The Labute approximate surface area is 168 Å². The van der Waals surface area contributed by atoms with Gasteiger partial charge in [-0.15, -0.1) is 0 Å². The van der Waals surface area contributed by atoms with Crippen LogP contribution in [0, 0.1) is 21.4 Å². The summed E-state index contributed by atoms with van der Waals surface area (Å²) in [6, 6.07) is 11.8. The van der Waals surface area contributed by atoms with Crippen molar-refractivity contribution in [3.63, 3.8) is 0 Å². The summed E-state index contributed by atoms with van der Waals surface area (Å²) >= 11 is 6.25. The molecule has 1 fully saturated rings. The van der Waals surface area contributed by atoms with Gasteiger partial charge in [0.2, 0.25) is 0 Å². The lowest BCUT2D eigenvalue weighted by molar-refractivity contribution is -0.384. The quantitative estimate of drug-likeness (QED) is 0.572. The van der Waals surface area contributed by atoms with Crippen LogP contribution >= 0.6 is 11.6 Å². The number of hydrogen-bond acceptors (Lipinski definition) is 6. The molecule has 1 aliphatic rings. The Balaban J connectivity index is 1.97. The average molecular weight is 402 g/mol. The summed E-state index contributed by atoms with van der Waals surface area (Å²) in [4.78, 5) is 10.9. The molecule has 3 rings (SSSR count). The predicted molar refractivity (Wildman–Crippen MR) is 106 cm³/mol. The average Bonchev–Trinajstić information content (AvgIpc) is 2.72. The minimum Gasteiger partial charge on any atom is -0.496 e. The van der Waals surface area contributed by atoms with Crippen LogP contribution in [0.25, 0.3) is 0 Å². The van der Waals surface area contributed by atoms with E-state index in [4.69, 9.17) is 26.3 Å². The lowest BCUT2D eigenvalue weighted by Gasteiger charge is -2.39. The zero-order chi connectivity index (χ0) is 20.1. The SMILES string of the molecule is COc1ccc(Cl)cc1C1(CNc2ccc(C#N)cc2[N+](=O)[O-])CCOCC1. The number of nitro benzene ring substituents is 1. The van der Waals surface area contributed by atoms with E-state index in [1.165, 1.54) is 6.07 Å². The summed E-state index contributed by atoms with van der Waals surface area (Å²) in [7, 11) is 1.61. The molecule has 0 aliphatic carbocycles. The molecule has 0 radical (unpaired) electrons. The third-order valence-corrected chi connectivity index (χ3v) is 5.36. The molecule has 0 bridgehead atoms. The van der Waals surface area contributed by atoms with E-state index in [1.807, 2.05) is 18.2 Å². The highest BCUT2D eigenvalue weighted by Crippen LogP contribution is 2.41. The standard InChI is InChI=1S/C20H20ClN3O4/c1-27-19-5-3-15(21)11-16(19)20(6-8-28-9-7-20)13-23-17-4-2-14(12-22)10-18(17)24(25)26/h2-5,10-11,23H,6-9,13H2,1H3. The number of benzene rings is 2. The summed E-state index contributed by atoms with van der Waals surface area (Å²) in [5.74, 6) is 0.724. The maximum absolute atomic E-state index is 11.4. The fraction of sp³-hybridized carbons (Fsp3) is 0.350. The Morgan fingerprint density at radius 3 is 2.71 bits per heavy atom. The molecule has 28 heavy (non-hydrogen) atoms. The van der Waals surface area contributed by atoms with Crippen LogP contribution in [0.2, 0.25) is 5.02 Å². The lowest BCUT2D eigenvalue weighted by Crippen LogP contribution is -2.40.